The molecule has 0 saturated heterocycles. The fraction of sp³-hybridized carbons (Fsp3) is 0.333. The Morgan fingerprint density at radius 3 is 2.62 bits per heavy atom. The lowest BCUT2D eigenvalue weighted by molar-refractivity contribution is 0.0702. The van der Waals surface area contributed by atoms with Crippen molar-refractivity contribution < 1.29 is 13.2 Å². The SMILES string of the molecule is CC1(C)CC(NS(=O)(=O)Cc2ccccc2)c2cc(N)ccc2O1. The van der Waals surface area contributed by atoms with Crippen LogP contribution in [0, 0.1) is 0 Å². The minimum atomic E-state index is -3.49. The summed E-state index contributed by atoms with van der Waals surface area (Å²) < 4.78 is 33.9. The molecule has 0 bridgehead atoms. The topological polar surface area (TPSA) is 81.4 Å². The van der Waals surface area contributed by atoms with Crippen molar-refractivity contribution in [3.8, 4) is 5.75 Å². The second-order valence-electron chi connectivity index (χ2n) is 6.78. The van der Waals surface area contributed by atoms with Gasteiger partial charge in [0.1, 0.15) is 11.4 Å². The van der Waals surface area contributed by atoms with Crippen LogP contribution in [0.4, 0.5) is 5.69 Å². The highest BCUT2D eigenvalue weighted by atomic mass is 32.2. The van der Waals surface area contributed by atoms with Gasteiger partial charge in [0, 0.05) is 17.7 Å². The van der Waals surface area contributed by atoms with E-state index in [-0.39, 0.29) is 11.8 Å². The molecule has 24 heavy (non-hydrogen) atoms. The van der Waals surface area contributed by atoms with Crippen LogP contribution in [0.5, 0.6) is 5.75 Å². The fourth-order valence-electron chi connectivity index (χ4n) is 3.03. The lowest BCUT2D eigenvalue weighted by atomic mass is 9.90. The Kier molecular flexibility index (Phi) is 4.27. The second-order valence-corrected chi connectivity index (χ2v) is 8.53. The van der Waals surface area contributed by atoms with E-state index in [2.05, 4.69) is 4.72 Å². The molecule has 0 aromatic heterocycles. The van der Waals surface area contributed by atoms with Crippen molar-refractivity contribution in [1.29, 1.82) is 0 Å². The van der Waals surface area contributed by atoms with Gasteiger partial charge in [0.05, 0.1) is 11.8 Å². The Morgan fingerprint density at radius 2 is 1.92 bits per heavy atom. The smallest absolute Gasteiger partial charge is 0.216 e. The molecule has 2 aromatic carbocycles. The van der Waals surface area contributed by atoms with Crippen LogP contribution >= 0.6 is 0 Å². The zero-order valence-corrected chi connectivity index (χ0v) is 14.6. The van der Waals surface area contributed by atoms with E-state index in [1.807, 2.05) is 32.0 Å². The van der Waals surface area contributed by atoms with E-state index in [0.29, 0.717) is 17.9 Å². The lowest BCUT2D eigenvalue weighted by Crippen LogP contribution is -2.41. The van der Waals surface area contributed by atoms with Gasteiger partial charge in [-0.25, -0.2) is 13.1 Å². The summed E-state index contributed by atoms with van der Waals surface area (Å²) in [5.41, 5.74) is 7.54. The maximum atomic E-state index is 12.6. The number of hydrogen-bond acceptors (Lipinski definition) is 4. The van der Waals surface area contributed by atoms with Gasteiger partial charge in [0.25, 0.3) is 0 Å². The normalized spacial score (nSPS) is 19.3. The minimum Gasteiger partial charge on any atom is -0.487 e. The summed E-state index contributed by atoms with van der Waals surface area (Å²) in [6.45, 7) is 3.90. The number of benzene rings is 2. The van der Waals surface area contributed by atoms with Crippen molar-refractivity contribution >= 4 is 15.7 Å². The molecule has 0 spiro atoms. The molecule has 1 unspecified atom stereocenters. The Morgan fingerprint density at radius 1 is 1.21 bits per heavy atom. The molecule has 0 amide bonds. The van der Waals surface area contributed by atoms with Crippen LogP contribution in [0.1, 0.15) is 37.4 Å². The summed E-state index contributed by atoms with van der Waals surface area (Å²) in [5, 5.41) is 0. The highest BCUT2D eigenvalue weighted by Gasteiger charge is 2.35. The van der Waals surface area contributed by atoms with Gasteiger partial charge in [-0.05, 0) is 37.6 Å². The third-order valence-electron chi connectivity index (χ3n) is 4.01. The molecule has 1 heterocycles. The molecule has 128 valence electrons. The summed E-state index contributed by atoms with van der Waals surface area (Å²) in [6.07, 6.45) is 0.539. The number of ether oxygens (including phenoxy) is 1. The van der Waals surface area contributed by atoms with Crippen LogP contribution in [-0.2, 0) is 15.8 Å². The highest BCUT2D eigenvalue weighted by molar-refractivity contribution is 7.88. The van der Waals surface area contributed by atoms with Crippen molar-refractivity contribution in [1.82, 2.24) is 4.72 Å². The molecule has 0 fully saturated rings. The second kappa shape index (κ2) is 6.11. The Hall–Kier alpha value is -2.05. The molecule has 0 radical (unpaired) electrons. The minimum absolute atomic E-state index is 0.0523. The van der Waals surface area contributed by atoms with E-state index < -0.39 is 15.6 Å². The van der Waals surface area contributed by atoms with Crippen molar-refractivity contribution in [2.75, 3.05) is 5.73 Å². The van der Waals surface area contributed by atoms with Gasteiger partial charge in [0.15, 0.2) is 0 Å². The molecule has 5 nitrogen and oxygen atoms in total. The third-order valence-corrected chi connectivity index (χ3v) is 5.37. The number of anilines is 1. The molecule has 6 heteroatoms. The van der Waals surface area contributed by atoms with Crippen LogP contribution in [0.25, 0.3) is 0 Å². The van der Waals surface area contributed by atoms with Crippen molar-refractivity contribution in [2.24, 2.45) is 0 Å². The quantitative estimate of drug-likeness (QED) is 0.834. The van der Waals surface area contributed by atoms with Crippen LogP contribution in [-0.4, -0.2) is 14.0 Å². The Labute approximate surface area is 142 Å². The number of nitrogens with two attached hydrogens (primary N) is 1. The Balaban J connectivity index is 1.87. The van der Waals surface area contributed by atoms with Crippen LogP contribution in [0.2, 0.25) is 0 Å². The maximum Gasteiger partial charge on any atom is 0.216 e. The summed E-state index contributed by atoms with van der Waals surface area (Å²) in [5.74, 6) is 0.622. The van der Waals surface area contributed by atoms with Gasteiger partial charge < -0.3 is 10.5 Å². The van der Waals surface area contributed by atoms with E-state index in [0.717, 1.165) is 11.1 Å². The molecule has 1 aliphatic rings. The van der Waals surface area contributed by atoms with Crippen LogP contribution < -0.4 is 15.2 Å². The molecular weight excluding hydrogens is 324 g/mol. The van der Waals surface area contributed by atoms with Gasteiger partial charge in [0.2, 0.25) is 10.0 Å². The molecule has 3 N–H and O–H groups in total. The zero-order valence-electron chi connectivity index (χ0n) is 13.8. The molecule has 3 rings (SSSR count). The highest BCUT2D eigenvalue weighted by Crippen LogP contribution is 2.40. The van der Waals surface area contributed by atoms with Gasteiger partial charge in [-0.15, -0.1) is 0 Å². The first-order valence-corrected chi connectivity index (χ1v) is 9.52. The number of rotatable bonds is 4. The van der Waals surface area contributed by atoms with Crippen molar-refractivity contribution in [3.63, 3.8) is 0 Å². The fourth-order valence-corrected chi connectivity index (χ4v) is 4.39. The maximum absolute atomic E-state index is 12.6. The summed E-state index contributed by atoms with van der Waals surface area (Å²) >= 11 is 0. The number of fused-ring (bicyclic) bond motifs is 1. The Bertz CT molecular complexity index is 833. The first-order chi connectivity index (χ1) is 11.2. The molecule has 2 aromatic rings. The summed E-state index contributed by atoms with van der Waals surface area (Å²) in [6, 6.07) is 14.1. The predicted octanol–water partition coefficient (Wildman–Crippen LogP) is 2.99. The average Bonchev–Trinajstić information content (AvgIpc) is 2.47. The van der Waals surface area contributed by atoms with Gasteiger partial charge >= 0.3 is 0 Å². The van der Waals surface area contributed by atoms with Crippen LogP contribution in [0.15, 0.2) is 48.5 Å². The van der Waals surface area contributed by atoms with E-state index in [4.69, 9.17) is 10.5 Å². The molecule has 0 aliphatic carbocycles. The molecule has 0 saturated carbocycles. The van der Waals surface area contributed by atoms with E-state index in [1.165, 1.54) is 0 Å². The summed E-state index contributed by atoms with van der Waals surface area (Å²) in [7, 11) is -3.49. The zero-order chi connectivity index (χ0) is 17.4. The van der Waals surface area contributed by atoms with Crippen molar-refractivity contribution in [2.45, 2.75) is 37.7 Å². The number of nitrogens with one attached hydrogen (secondary N) is 1. The van der Waals surface area contributed by atoms with Crippen LogP contribution in [0.3, 0.4) is 0 Å². The first kappa shape index (κ1) is 16.8. The predicted molar refractivity (Wildman–Crippen MR) is 95.1 cm³/mol. The average molecular weight is 346 g/mol. The third kappa shape index (κ3) is 3.88. The van der Waals surface area contributed by atoms with E-state index in [9.17, 15) is 8.42 Å². The monoisotopic (exact) mass is 346 g/mol. The summed E-state index contributed by atoms with van der Waals surface area (Å²) in [4.78, 5) is 0. The largest absolute Gasteiger partial charge is 0.487 e. The standard InChI is InChI=1S/C18H22N2O3S/c1-18(2)11-16(15-10-14(19)8-9-17(15)23-18)20-24(21,22)12-13-6-4-3-5-7-13/h3-10,16,20H,11-12,19H2,1-2H3. The first-order valence-electron chi connectivity index (χ1n) is 7.86. The molecule has 1 atom stereocenters. The molecule has 1 aliphatic heterocycles. The number of nitrogen functional groups attached to an aromatic ring is 1. The molecular formula is C18H22N2O3S. The number of hydrogen-bond donors (Lipinski definition) is 2. The number of sulfonamides is 1. The van der Waals surface area contributed by atoms with Crippen molar-refractivity contribution in [3.05, 3.63) is 59.7 Å². The van der Waals surface area contributed by atoms with Gasteiger partial charge in [-0.3, -0.25) is 0 Å². The lowest BCUT2D eigenvalue weighted by Gasteiger charge is -2.37. The van der Waals surface area contributed by atoms with Gasteiger partial charge in [-0.1, -0.05) is 30.3 Å². The van der Waals surface area contributed by atoms with Gasteiger partial charge in [-0.2, -0.15) is 0 Å². The van der Waals surface area contributed by atoms with E-state index >= 15 is 0 Å². The van der Waals surface area contributed by atoms with E-state index in [1.54, 1.807) is 30.3 Å².